The highest BCUT2D eigenvalue weighted by molar-refractivity contribution is 5.87. The van der Waals surface area contributed by atoms with Crippen LogP contribution >= 0.6 is 0 Å². The summed E-state index contributed by atoms with van der Waals surface area (Å²) in [4.78, 5) is 25.0. The molecule has 0 aromatic rings. The summed E-state index contributed by atoms with van der Waals surface area (Å²) in [6.07, 6.45) is 5.90. The van der Waals surface area contributed by atoms with E-state index in [1.807, 2.05) is 13.8 Å². The molecule has 0 bridgehead atoms. The van der Waals surface area contributed by atoms with Crippen molar-refractivity contribution < 1.29 is 9.59 Å². The minimum atomic E-state index is -0.423. The Bertz CT molecular complexity index is 332. The van der Waals surface area contributed by atoms with Crippen molar-refractivity contribution in [1.82, 2.24) is 4.90 Å². The zero-order valence-corrected chi connectivity index (χ0v) is 10.7. The number of rotatable bonds is 4. The molecule has 0 aromatic heterocycles. The molecular formula is C13H22N2O2. The fourth-order valence-electron chi connectivity index (χ4n) is 3.21. The maximum atomic E-state index is 12.4. The number of carbonyl (C=O) groups is 2. The van der Waals surface area contributed by atoms with Gasteiger partial charge in [-0.2, -0.15) is 0 Å². The number of primary amides is 1. The first-order chi connectivity index (χ1) is 7.96. The second-order valence-corrected chi connectivity index (χ2v) is 5.85. The molecule has 0 heterocycles. The fourth-order valence-corrected chi connectivity index (χ4v) is 3.21. The molecule has 1 atom stereocenters. The molecule has 2 rings (SSSR count). The lowest BCUT2D eigenvalue weighted by molar-refractivity contribution is -0.138. The third-order valence-corrected chi connectivity index (χ3v) is 4.32. The Morgan fingerprint density at radius 1 is 1.35 bits per heavy atom. The lowest BCUT2D eigenvalue weighted by Gasteiger charge is -2.26. The Hall–Kier alpha value is -1.06. The van der Waals surface area contributed by atoms with E-state index >= 15 is 0 Å². The van der Waals surface area contributed by atoms with Crippen LogP contribution in [0.15, 0.2) is 0 Å². The van der Waals surface area contributed by atoms with Gasteiger partial charge in [-0.05, 0) is 38.5 Å². The van der Waals surface area contributed by atoms with Crippen molar-refractivity contribution in [3.63, 3.8) is 0 Å². The summed E-state index contributed by atoms with van der Waals surface area (Å²) in [5, 5.41) is 0. The van der Waals surface area contributed by atoms with Gasteiger partial charge in [0.1, 0.15) is 0 Å². The first-order valence-electron chi connectivity index (χ1n) is 6.55. The monoisotopic (exact) mass is 238 g/mol. The molecule has 2 aliphatic rings. The lowest BCUT2D eigenvalue weighted by atomic mass is 10.0. The van der Waals surface area contributed by atoms with Gasteiger partial charge in [0.05, 0.1) is 6.54 Å². The van der Waals surface area contributed by atoms with Crippen LogP contribution in [-0.2, 0) is 9.59 Å². The van der Waals surface area contributed by atoms with Gasteiger partial charge in [0.2, 0.25) is 11.8 Å². The minimum Gasteiger partial charge on any atom is -0.368 e. The molecule has 0 radical (unpaired) electrons. The van der Waals surface area contributed by atoms with Gasteiger partial charge in [0.25, 0.3) is 0 Å². The number of nitrogens with zero attached hydrogens (tertiary/aromatic N) is 1. The smallest absolute Gasteiger partial charge is 0.237 e. The fraction of sp³-hybridized carbons (Fsp3) is 0.846. The molecule has 2 fully saturated rings. The quantitative estimate of drug-likeness (QED) is 0.802. The van der Waals surface area contributed by atoms with Gasteiger partial charge < -0.3 is 10.6 Å². The van der Waals surface area contributed by atoms with Gasteiger partial charge in [-0.25, -0.2) is 0 Å². The molecule has 2 amide bonds. The number of hydrogen-bond donors (Lipinski definition) is 1. The van der Waals surface area contributed by atoms with E-state index in [2.05, 4.69) is 0 Å². The Kier molecular flexibility index (Phi) is 3.15. The van der Waals surface area contributed by atoms with Crippen LogP contribution in [0.5, 0.6) is 0 Å². The van der Waals surface area contributed by atoms with E-state index in [1.165, 1.54) is 25.7 Å². The Morgan fingerprint density at radius 3 is 2.41 bits per heavy atom. The van der Waals surface area contributed by atoms with E-state index in [0.717, 1.165) is 6.42 Å². The molecule has 2 aliphatic carbocycles. The van der Waals surface area contributed by atoms with E-state index in [4.69, 9.17) is 5.73 Å². The van der Waals surface area contributed by atoms with Crippen molar-refractivity contribution >= 4 is 11.8 Å². The maximum absolute atomic E-state index is 12.4. The SMILES string of the molecule is CC(C)N(CC(N)=O)C(=O)[C@H]1CC12CCCC2. The van der Waals surface area contributed by atoms with Gasteiger partial charge in [-0.1, -0.05) is 12.8 Å². The lowest BCUT2D eigenvalue weighted by Crippen LogP contribution is -2.44. The van der Waals surface area contributed by atoms with Crippen molar-refractivity contribution in [2.45, 2.75) is 52.0 Å². The summed E-state index contributed by atoms with van der Waals surface area (Å²) in [6, 6.07) is 0.0500. The van der Waals surface area contributed by atoms with E-state index in [-0.39, 0.29) is 24.4 Å². The summed E-state index contributed by atoms with van der Waals surface area (Å²) in [5.41, 5.74) is 5.50. The zero-order chi connectivity index (χ0) is 12.6. The standard InChI is InChI=1S/C13H22N2O2/c1-9(2)15(8-11(14)16)12(17)10-7-13(10)5-3-4-6-13/h9-10H,3-8H2,1-2H3,(H2,14,16)/t10-/m1/s1. The van der Waals surface area contributed by atoms with Crippen molar-refractivity contribution in [3.8, 4) is 0 Å². The molecule has 17 heavy (non-hydrogen) atoms. The molecule has 0 unspecified atom stereocenters. The summed E-state index contributed by atoms with van der Waals surface area (Å²) >= 11 is 0. The zero-order valence-electron chi connectivity index (χ0n) is 10.7. The first-order valence-corrected chi connectivity index (χ1v) is 6.55. The van der Waals surface area contributed by atoms with E-state index < -0.39 is 5.91 Å². The summed E-state index contributed by atoms with van der Waals surface area (Å²) in [5.74, 6) is -0.124. The van der Waals surface area contributed by atoms with Gasteiger partial charge >= 0.3 is 0 Å². The second kappa shape index (κ2) is 4.31. The molecule has 0 aliphatic heterocycles. The molecule has 2 saturated carbocycles. The molecule has 96 valence electrons. The third-order valence-electron chi connectivity index (χ3n) is 4.32. The molecule has 4 heteroatoms. The highest BCUT2D eigenvalue weighted by Crippen LogP contribution is 2.63. The Morgan fingerprint density at radius 2 is 1.94 bits per heavy atom. The van der Waals surface area contributed by atoms with Gasteiger partial charge in [0, 0.05) is 12.0 Å². The second-order valence-electron chi connectivity index (χ2n) is 5.85. The van der Waals surface area contributed by atoms with E-state index in [9.17, 15) is 9.59 Å². The van der Waals surface area contributed by atoms with Crippen LogP contribution in [0, 0.1) is 11.3 Å². The average molecular weight is 238 g/mol. The molecule has 4 nitrogen and oxygen atoms in total. The van der Waals surface area contributed by atoms with Crippen LogP contribution in [-0.4, -0.2) is 29.3 Å². The minimum absolute atomic E-state index is 0.0500. The third kappa shape index (κ3) is 2.31. The van der Waals surface area contributed by atoms with Crippen molar-refractivity contribution in [1.29, 1.82) is 0 Å². The van der Waals surface area contributed by atoms with Crippen molar-refractivity contribution in [3.05, 3.63) is 0 Å². The summed E-state index contributed by atoms with van der Waals surface area (Å²) in [6.45, 7) is 3.93. The van der Waals surface area contributed by atoms with Crippen LogP contribution < -0.4 is 5.73 Å². The van der Waals surface area contributed by atoms with Crippen LogP contribution in [0.2, 0.25) is 0 Å². The van der Waals surface area contributed by atoms with Crippen LogP contribution in [0.25, 0.3) is 0 Å². The Balaban J connectivity index is 2.00. The van der Waals surface area contributed by atoms with Crippen molar-refractivity contribution in [2.75, 3.05) is 6.54 Å². The van der Waals surface area contributed by atoms with E-state index in [1.54, 1.807) is 4.90 Å². The summed E-state index contributed by atoms with van der Waals surface area (Å²) in [7, 11) is 0. The predicted molar refractivity (Wildman–Crippen MR) is 65.1 cm³/mol. The number of hydrogen-bond acceptors (Lipinski definition) is 2. The predicted octanol–water partition coefficient (Wildman–Crippen LogP) is 1.29. The molecular weight excluding hydrogens is 216 g/mol. The van der Waals surface area contributed by atoms with Crippen LogP contribution in [0.4, 0.5) is 0 Å². The first kappa shape index (κ1) is 12.4. The largest absolute Gasteiger partial charge is 0.368 e. The van der Waals surface area contributed by atoms with E-state index in [0.29, 0.717) is 5.41 Å². The normalized spacial score (nSPS) is 25.2. The summed E-state index contributed by atoms with van der Waals surface area (Å²) < 4.78 is 0. The molecule has 1 spiro atoms. The highest BCUT2D eigenvalue weighted by atomic mass is 16.2. The highest BCUT2D eigenvalue weighted by Gasteiger charge is 2.59. The van der Waals surface area contributed by atoms with Crippen molar-refractivity contribution in [2.24, 2.45) is 17.1 Å². The number of amides is 2. The average Bonchev–Trinajstić information content (AvgIpc) is 2.71. The molecule has 0 aromatic carbocycles. The number of nitrogens with two attached hydrogens (primary N) is 1. The molecule has 2 N–H and O–H groups in total. The van der Waals surface area contributed by atoms with Gasteiger partial charge in [-0.3, -0.25) is 9.59 Å². The molecule has 0 saturated heterocycles. The topological polar surface area (TPSA) is 63.4 Å². The van der Waals surface area contributed by atoms with Crippen LogP contribution in [0.1, 0.15) is 46.0 Å². The van der Waals surface area contributed by atoms with Crippen LogP contribution in [0.3, 0.4) is 0 Å². The van der Waals surface area contributed by atoms with Gasteiger partial charge in [-0.15, -0.1) is 0 Å². The Labute approximate surface area is 103 Å². The number of carbonyl (C=O) groups excluding carboxylic acids is 2. The maximum Gasteiger partial charge on any atom is 0.237 e. The van der Waals surface area contributed by atoms with Gasteiger partial charge in [0.15, 0.2) is 0 Å².